The molecule has 0 amide bonds. The first-order valence-corrected chi connectivity index (χ1v) is 8.42. The van der Waals surface area contributed by atoms with Crippen molar-refractivity contribution in [1.82, 2.24) is 0 Å². The SMILES string of the molecule is Nc1ccccc1/N=N/c1ccc2ccccc2c1P(=O)(O)O. The zero-order valence-corrected chi connectivity index (χ0v) is 12.9. The van der Waals surface area contributed by atoms with Crippen LogP contribution in [0.3, 0.4) is 0 Å². The first-order chi connectivity index (χ1) is 11.0. The largest absolute Gasteiger partial charge is 0.397 e. The van der Waals surface area contributed by atoms with Gasteiger partial charge in [-0.05, 0) is 29.0 Å². The second kappa shape index (κ2) is 5.93. The molecule has 0 aliphatic rings. The Morgan fingerprint density at radius 2 is 1.48 bits per heavy atom. The lowest BCUT2D eigenvalue weighted by molar-refractivity contribution is 0.388. The molecular formula is C16H14N3O3P. The Labute approximate surface area is 132 Å². The molecule has 0 spiro atoms. The minimum Gasteiger partial charge on any atom is -0.397 e. The summed E-state index contributed by atoms with van der Waals surface area (Å²) in [5.41, 5.74) is 6.80. The minimum atomic E-state index is -4.52. The number of hydrogen-bond acceptors (Lipinski definition) is 4. The van der Waals surface area contributed by atoms with Crippen molar-refractivity contribution in [2.45, 2.75) is 0 Å². The summed E-state index contributed by atoms with van der Waals surface area (Å²) in [5.74, 6) is 0. The maximum atomic E-state index is 11.9. The van der Waals surface area contributed by atoms with E-state index in [-0.39, 0.29) is 11.0 Å². The highest BCUT2D eigenvalue weighted by Gasteiger charge is 2.24. The fraction of sp³-hybridized carbons (Fsp3) is 0. The molecule has 0 radical (unpaired) electrons. The smallest absolute Gasteiger partial charge is 0.359 e. The van der Waals surface area contributed by atoms with Gasteiger partial charge in [0.15, 0.2) is 0 Å². The number of hydrogen-bond donors (Lipinski definition) is 3. The van der Waals surface area contributed by atoms with E-state index in [1.54, 1.807) is 60.7 Å². The quantitative estimate of drug-likeness (QED) is 0.387. The van der Waals surface area contributed by atoms with Gasteiger partial charge >= 0.3 is 7.60 Å². The van der Waals surface area contributed by atoms with Gasteiger partial charge in [-0.2, -0.15) is 0 Å². The topological polar surface area (TPSA) is 108 Å². The average molecular weight is 327 g/mol. The summed E-state index contributed by atoms with van der Waals surface area (Å²) in [6.45, 7) is 0. The van der Waals surface area contributed by atoms with Crippen LogP contribution >= 0.6 is 7.60 Å². The third-order valence-corrected chi connectivity index (χ3v) is 4.43. The molecule has 116 valence electrons. The monoisotopic (exact) mass is 327 g/mol. The molecule has 3 aromatic carbocycles. The first kappa shape index (κ1) is 15.4. The number of nitrogen functional groups attached to an aromatic ring is 1. The van der Waals surface area contributed by atoms with E-state index in [0.29, 0.717) is 16.8 Å². The Kier molecular flexibility index (Phi) is 3.96. The molecule has 0 atom stereocenters. The molecule has 0 bridgehead atoms. The van der Waals surface area contributed by atoms with E-state index in [9.17, 15) is 14.4 Å². The van der Waals surface area contributed by atoms with Gasteiger partial charge in [0.2, 0.25) is 0 Å². The lowest BCUT2D eigenvalue weighted by Gasteiger charge is -2.10. The molecule has 3 aromatic rings. The molecule has 0 aromatic heterocycles. The van der Waals surface area contributed by atoms with E-state index in [2.05, 4.69) is 10.2 Å². The predicted octanol–water partition coefficient (Wildman–Crippen LogP) is 3.64. The summed E-state index contributed by atoms with van der Waals surface area (Å²) >= 11 is 0. The number of anilines is 1. The molecule has 6 nitrogen and oxygen atoms in total. The lowest BCUT2D eigenvalue weighted by Crippen LogP contribution is -2.06. The van der Waals surface area contributed by atoms with E-state index in [1.807, 2.05) is 0 Å². The van der Waals surface area contributed by atoms with E-state index in [0.717, 1.165) is 5.39 Å². The molecule has 0 fully saturated rings. The molecule has 0 aliphatic carbocycles. The number of benzene rings is 3. The van der Waals surface area contributed by atoms with Crippen LogP contribution in [0.4, 0.5) is 17.1 Å². The maximum absolute atomic E-state index is 11.9. The first-order valence-electron chi connectivity index (χ1n) is 6.81. The predicted molar refractivity (Wildman–Crippen MR) is 90.7 cm³/mol. The highest BCUT2D eigenvalue weighted by Crippen LogP contribution is 2.41. The fourth-order valence-corrected chi connectivity index (χ4v) is 3.25. The van der Waals surface area contributed by atoms with Gasteiger partial charge in [0, 0.05) is 0 Å². The van der Waals surface area contributed by atoms with E-state index in [1.165, 1.54) is 0 Å². The maximum Gasteiger partial charge on any atom is 0.359 e. The van der Waals surface area contributed by atoms with Gasteiger partial charge in [-0.3, -0.25) is 4.57 Å². The van der Waals surface area contributed by atoms with Gasteiger partial charge in [0.25, 0.3) is 0 Å². The van der Waals surface area contributed by atoms with Crippen LogP contribution in [0, 0.1) is 0 Å². The Hall–Kier alpha value is -2.53. The van der Waals surface area contributed by atoms with E-state index < -0.39 is 7.60 Å². The Morgan fingerprint density at radius 1 is 0.826 bits per heavy atom. The van der Waals surface area contributed by atoms with Crippen LogP contribution in [-0.2, 0) is 4.57 Å². The third-order valence-electron chi connectivity index (χ3n) is 3.37. The summed E-state index contributed by atoms with van der Waals surface area (Å²) in [5, 5.41) is 9.07. The Morgan fingerprint density at radius 3 is 2.22 bits per heavy atom. The molecule has 7 heteroatoms. The number of azo groups is 1. The molecule has 0 heterocycles. The van der Waals surface area contributed by atoms with Gasteiger partial charge in [0.1, 0.15) is 11.4 Å². The second-order valence-electron chi connectivity index (χ2n) is 4.96. The standard InChI is InChI=1S/C16H14N3O3P/c17-13-7-3-4-8-14(13)18-19-15-10-9-11-5-1-2-6-12(11)16(15)23(20,21)22/h1-10H,17H2,(H2,20,21,22)/b19-18+. The van der Waals surface area contributed by atoms with Gasteiger partial charge in [0.05, 0.1) is 11.0 Å². The Balaban J connectivity index is 2.18. The van der Waals surface area contributed by atoms with E-state index in [4.69, 9.17) is 5.73 Å². The second-order valence-corrected chi connectivity index (χ2v) is 6.49. The van der Waals surface area contributed by atoms with Gasteiger partial charge in [-0.1, -0.05) is 42.5 Å². The number of para-hydroxylation sites is 1. The van der Waals surface area contributed by atoms with Crippen molar-refractivity contribution in [3.63, 3.8) is 0 Å². The van der Waals surface area contributed by atoms with Crippen LogP contribution in [0.25, 0.3) is 10.8 Å². The van der Waals surface area contributed by atoms with Crippen LogP contribution in [0.5, 0.6) is 0 Å². The molecule has 0 saturated carbocycles. The van der Waals surface area contributed by atoms with Crippen LogP contribution in [-0.4, -0.2) is 9.79 Å². The molecule has 4 N–H and O–H groups in total. The molecule has 0 aliphatic heterocycles. The van der Waals surface area contributed by atoms with E-state index >= 15 is 0 Å². The Bertz CT molecular complexity index is 950. The van der Waals surface area contributed by atoms with Crippen molar-refractivity contribution in [3.8, 4) is 0 Å². The fourth-order valence-electron chi connectivity index (χ4n) is 2.32. The average Bonchev–Trinajstić information content (AvgIpc) is 2.52. The van der Waals surface area contributed by atoms with Crippen LogP contribution in [0.2, 0.25) is 0 Å². The highest BCUT2D eigenvalue weighted by molar-refractivity contribution is 7.61. The molecule has 23 heavy (non-hydrogen) atoms. The minimum absolute atomic E-state index is 0.125. The summed E-state index contributed by atoms with van der Waals surface area (Å²) in [6.07, 6.45) is 0. The van der Waals surface area contributed by atoms with Crippen molar-refractivity contribution < 1.29 is 14.4 Å². The van der Waals surface area contributed by atoms with Gasteiger partial charge in [-0.15, -0.1) is 10.2 Å². The van der Waals surface area contributed by atoms with Crippen LogP contribution in [0.1, 0.15) is 0 Å². The summed E-state index contributed by atoms with van der Waals surface area (Å²) in [4.78, 5) is 19.4. The number of nitrogens with zero attached hydrogens (tertiary/aromatic N) is 2. The number of fused-ring (bicyclic) bond motifs is 1. The van der Waals surface area contributed by atoms with Crippen molar-refractivity contribution in [2.75, 3.05) is 5.73 Å². The lowest BCUT2D eigenvalue weighted by atomic mass is 10.1. The number of rotatable bonds is 3. The van der Waals surface area contributed by atoms with Crippen molar-refractivity contribution >= 4 is 40.7 Å². The van der Waals surface area contributed by atoms with Gasteiger partial charge < -0.3 is 15.5 Å². The summed E-state index contributed by atoms with van der Waals surface area (Å²) in [6, 6.07) is 17.1. The number of nitrogens with two attached hydrogens (primary N) is 1. The van der Waals surface area contributed by atoms with Crippen molar-refractivity contribution in [3.05, 3.63) is 60.7 Å². The molecule has 3 rings (SSSR count). The zero-order valence-electron chi connectivity index (χ0n) is 12.0. The van der Waals surface area contributed by atoms with Crippen molar-refractivity contribution in [2.24, 2.45) is 10.2 Å². The van der Waals surface area contributed by atoms with Crippen LogP contribution in [0.15, 0.2) is 70.9 Å². The van der Waals surface area contributed by atoms with Gasteiger partial charge in [-0.25, -0.2) is 0 Å². The molecule has 0 unspecified atom stereocenters. The summed E-state index contributed by atoms with van der Waals surface area (Å²) in [7, 11) is -4.52. The molecular weight excluding hydrogens is 313 g/mol. The third kappa shape index (κ3) is 3.14. The zero-order chi connectivity index (χ0) is 16.4. The van der Waals surface area contributed by atoms with Crippen molar-refractivity contribution in [1.29, 1.82) is 0 Å². The normalized spacial score (nSPS) is 12.1. The highest BCUT2D eigenvalue weighted by atomic mass is 31.2. The van der Waals surface area contributed by atoms with Crippen LogP contribution < -0.4 is 11.0 Å². The summed E-state index contributed by atoms with van der Waals surface area (Å²) < 4.78 is 11.9. The molecule has 0 saturated heterocycles.